The third-order valence-corrected chi connectivity index (χ3v) is 1.49. The van der Waals surface area contributed by atoms with E-state index in [4.69, 9.17) is 5.11 Å². The molecule has 2 N–H and O–H groups in total. The summed E-state index contributed by atoms with van der Waals surface area (Å²) in [6, 6.07) is 0. The first kappa shape index (κ1) is 9.79. The smallest absolute Gasteiger partial charge is 0.384 e. The van der Waals surface area contributed by atoms with Crippen molar-refractivity contribution in [3.63, 3.8) is 0 Å². The maximum absolute atomic E-state index is 12.2. The van der Waals surface area contributed by atoms with Crippen LogP contribution in [0.5, 0.6) is 0 Å². The van der Waals surface area contributed by atoms with E-state index in [0.717, 1.165) is 12.3 Å². The fraction of sp³-hybridized carbons (Fsp3) is 0.286. The largest absolute Gasteiger partial charge is 0.433 e. The van der Waals surface area contributed by atoms with Crippen molar-refractivity contribution < 1.29 is 18.3 Å². The molecule has 6 heteroatoms. The normalized spacial score (nSPS) is 14.2. The molecule has 0 aromatic carbocycles. The van der Waals surface area contributed by atoms with Crippen LogP contribution in [0.15, 0.2) is 18.9 Å². The third-order valence-electron chi connectivity index (χ3n) is 1.49. The van der Waals surface area contributed by atoms with Crippen molar-refractivity contribution in [1.29, 1.82) is 0 Å². The Morgan fingerprint density at radius 2 is 2.23 bits per heavy atom. The van der Waals surface area contributed by atoms with E-state index in [9.17, 15) is 13.2 Å². The molecule has 3 nitrogen and oxygen atoms in total. The Morgan fingerprint density at radius 3 is 2.69 bits per heavy atom. The first-order valence-corrected chi connectivity index (χ1v) is 3.38. The van der Waals surface area contributed by atoms with Gasteiger partial charge >= 0.3 is 6.18 Å². The standard InChI is InChI=1S/C7H7F3N2O/c1-2-5(13)4-3-11-12-6(4)7(8,9)10/h2-3,5,13H,1H2,(H,11,12). The van der Waals surface area contributed by atoms with E-state index in [2.05, 4.69) is 11.7 Å². The average molecular weight is 192 g/mol. The minimum atomic E-state index is -4.53. The Hall–Kier alpha value is -1.30. The number of H-pyrrole nitrogens is 1. The van der Waals surface area contributed by atoms with Crippen LogP contribution < -0.4 is 0 Å². The second kappa shape index (κ2) is 3.21. The predicted octanol–water partition coefficient (Wildman–Crippen LogP) is 1.65. The number of aliphatic hydroxyl groups excluding tert-OH is 1. The molecule has 1 aromatic heterocycles. The predicted molar refractivity (Wildman–Crippen MR) is 38.7 cm³/mol. The van der Waals surface area contributed by atoms with Gasteiger partial charge < -0.3 is 5.11 Å². The number of aliphatic hydroxyl groups is 1. The van der Waals surface area contributed by atoms with Crippen molar-refractivity contribution in [2.24, 2.45) is 0 Å². The molecule has 0 spiro atoms. The lowest BCUT2D eigenvalue weighted by molar-refractivity contribution is -0.142. The van der Waals surface area contributed by atoms with E-state index in [1.54, 1.807) is 5.10 Å². The fourth-order valence-corrected chi connectivity index (χ4v) is 0.874. The van der Waals surface area contributed by atoms with Gasteiger partial charge in [0, 0.05) is 5.56 Å². The van der Waals surface area contributed by atoms with Crippen LogP contribution in [0, 0.1) is 0 Å². The minimum absolute atomic E-state index is 0.317. The molecule has 0 aliphatic heterocycles. The van der Waals surface area contributed by atoms with Gasteiger partial charge in [-0.2, -0.15) is 18.3 Å². The number of aromatic amines is 1. The molecule has 0 saturated carbocycles. The van der Waals surface area contributed by atoms with Crippen LogP contribution in [0.25, 0.3) is 0 Å². The molecular weight excluding hydrogens is 185 g/mol. The summed E-state index contributed by atoms with van der Waals surface area (Å²) in [5.74, 6) is 0. The van der Waals surface area contributed by atoms with Gasteiger partial charge in [-0.3, -0.25) is 5.10 Å². The number of aromatic nitrogens is 2. The molecule has 1 rings (SSSR count). The van der Waals surface area contributed by atoms with E-state index in [1.165, 1.54) is 0 Å². The molecule has 1 aromatic rings. The summed E-state index contributed by atoms with van der Waals surface area (Å²) in [5.41, 5.74) is -1.36. The van der Waals surface area contributed by atoms with Crippen LogP contribution in [-0.2, 0) is 6.18 Å². The Bertz CT molecular complexity index is 305. The molecule has 1 unspecified atom stereocenters. The molecule has 0 bridgehead atoms. The van der Waals surface area contributed by atoms with E-state index >= 15 is 0 Å². The van der Waals surface area contributed by atoms with Crippen LogP contribution in [0.4, 0.5) is 13.2 Å². The molecule has 0 radical (unpaired) electrons. The summed E-state index contributed by atoms with van der Waals surface area (Å²) in [6.45, 7) is 3.18. The second-order valence-electron chi connectivity index (χ2n) is 2.38. The monoisotopic (exact) mass is 192 g/mol. The maximum Gasteiger partial charge on any atom is 0.433 e. The second-order valence-corrected chi connectivity index (χ2v) is 2.38. The number of hydrogen-bond donors (Lipinski definition) is 2. The average Bonchev–Trinajstić information content (AvgIpc) is 2.49. The van der Waals surface area contributed by atoms with Crippen molar-refractivity contribution in [1.82, 2.24) is 10.2 Å². The van der Waals surface area contributed by atoms with Crippen LogP contribution in [0.2, 0.25) is 0 Å². The molecule has 0 amide bonds. The highest BCUT2D eigenvalue weighted by atomic mass is 19.4. The summed E-state index contributed by atoms with van der Waals surface area (Å²) >= 11 is 0. The van der Waals surface area contributed by atoms with Crippen LogP contribution >= 0.6 is 0 Å². The summed E-state index contributed by atoms with van der Waals surface area (Å²) in [6.07, 6.45) is -3.96. The van der Waals surface area contributed by atoms with Crippen molar-refractivity contribution in [3.05, 3.63) is 30.1 Å². The van der Waals surface area contributed by atoms with Gasteiger partial charge in [-0.05, 0) is 0 Å². The van der Waals surface area contributed by atoms with Gasteiger partial charge in [0.15, 0.2) is 0 Å². The van der Waals surface area contributed by atoms with Gasteiger partial charge in [0.2, 0.25) is 0 Å². The lowest BCUT2D eigenvalue weighted by atomic mass is 10.1. The van der Waals surface area contributed by atoms with E-state index in [0.29, 0.717) is 0 Å². The van der Waals surface area contributed by atoms with Gasteiger partial charge in [0.25, 0.3) is 0 Å². The highest BCUT2D eigenvalue weighted by Crippen LogP contribution is 2.32. The quantitative estimate of drug-likeness (QED) is 0.700. The number of hydrogen-bond acceptors (Lipinski definition) is 2. The highest BCUT2D eigenvalue weighted by molar-refractivity contribution is 5.24. The lowest BCUT2D eigenvalue weighted by Gasteiger charge is -2.08. The molecule has 13 heavy (non-hydrogen) atoms. The van der Waals surface area contributed by atoms with Gasteiger partial charge in [0.1, 0.15) is 11.8 Å². The molecule has 1 atom stereocenters. The Balaban J connectivity index is 3.10. The van der Waals surface area contributed by atoms with Crippen molar-refractivity contribution in [2.75, 3.05) is 0 Å². The Labute approximate surface area is 71.9 Å². The zero-order chi connectivity index (χ0) is 10.1. The molecule has 0 aliphatic rings. The van der Waals surface area contributed by atoms with Gasteiger partial charge in [0.05, 0.1) is 6.20 Å². The van der Waals surface area contributed by atoms with E-state index < -0.39 is 18.0 Å². The fourth-order valence-electron chi connectivity index (χ4n) is 0.874. The van der Waals surface area contributed by atoms with Crippen molar-refractivity contribution in [2.45, 2.75) is 12.3 Å². The number of nitrogens with one attached hydrogen (secondary N) is 1. The lowest BCUT2D eigenvalue weighted by Crippen LogP contribution is -2.10. The summed E-state index contributed by atoms with van der Waals surface area (Å²) in [7, 11) is 0. The summed E-state index contributed by atoms with van der Waals surface area (Å²) in [5, 5.41) is 14.1. The SMILES string of the molecule is C=CC(O)c1cn[nH]c1C(F)(F)F. The minimum Gasteiger partial charge on any atom is -0.384 e. The zero-order valence-electron chi connectivity index (χ0n) is 6.47. The van der Waals surface area contributed by atoms with E-state index in [-0.39, 0.29) is 5.56 Å². The van der Waals surface area contributed by atoms with Gasteiger partial charge in [-0.15, -0.1) is 6.58 Å². The summed E-state index contributed by atoms with van der Waals surface area (Å²) in [4.78, 5) is 0. The first-order chi connectivity index (χ1) is 5.96. The highest BCUT2D eigenvalue weighted by Gasteiger charge is 2.36. The topological polar surface area (TPSA) is 48.9 Å². The number of alkyl halides is 3. The first-order valence-electron chi connectivity index (χ1n) is 3.38. The van der Waals surface area contributed by atoms with Gasteiger partial charge in [-0.25, -0.2) is 0 Å². The number of rotatable bonds is 2. The molecule has 0 saturated heterocycles. The molecule has 1 heterocycles. The van der Waals surface area contributed by atoms with Crippen molar-refractivity contribution in [3.8, 4) is 0 Å². The van der Waals surface area contributed by atoms with Crippen LogP contribution in [0.3, 0.4) is 0 Å². The van der Waals surface area contributed by atoms with Gasteiger partial charge in [-0.1, -0.05) is 6.08 Å². The number of halogens is 3. The van der Waals surface area contributed by atoms with Crippen molar-refractivity contribution >= 4 is 0 Å². The molecule has 0 aliphatic carbocycles. The summed E-state index contributed by atoms with van der Waals surface area (Å²) < 4.78 is 36.5. The zero-order valence-corrected chi connectivity index (χ0v) is 6.47. The van der Waals surface area contributed by atoms with Crippen LogP contribution in [0.1, 0.15) is 17.4 Å². The number of nitrogens with zero attached hydrogens (tertiary/aromatic N) is 1. The molecule has 0 fully saturated rings. The Kier molecular flexibility index (Phi) is 2.42. The molecule has 72 valence electrons. The maximum atomic E-state index is 12.2. The molecular formula is C7H7F3N2O. The van der Waals surface area contributed by atoms with E-state index in [1.807, 2.05) is 0 Å². The van der Waals surface area contributed by atoms with Crippen LogP contribution in [-0.4, -0.2) is 15.3 Å². The third kappa shape index (κ3) is 1.89. The Morgan fingerprint density at radius 1 is 1.62 bits per heavy atom.